The van der Waals surface area contributed by atoms with E-state index in [2.05, 4.69) is 5.11 Å². The molecule has 1 heterocycles. The van der Waals surface area contributed by atoms with Crippen LogP contribution in [-0.2, 0) is 7.05 Å². The summed E-state index contributed by atoms with van der Waals surface area (Å²) in [5, 5.41) is 23.5. The van der Waals surface area contributed by atoms with Gasteiger partial charge in [-0.15, -0.1) is 0 Å². The molecule has 0 aliphatic carbocycles. The Balaban J connectivity index is 2.88. The Morgan fingerprint density at radius 1 is 1.21 bits per heavy atom. The van der Waals surface area contributed by atoms with Gasteiger partial charge >= 0.3 is 0 Å². The Morgan fingerprint density at radius 2 is 1.86 bits per heavy atom. The van der Waals surface area contributed by atoms with Gasteiger partial charge < -0.3 is 10.2 Å². The molecule has 0 fully saturated rings. The van der Waals surface area contributed by atoms with Crippen molar-refractivity contribution in [3.8, 4) is 11.8 Å². The van der Waals surface area contributed by atoms with Crippen LogP contribution in [0, 0.1) is 5.53 Å². The lowest BCUT2D eigenvalue weighted by Gasteiger charge is -1.94. The van der Waals surface area contributed by atoms with E-state index in [4.69, 9.17) is 5.53 Å². The minimum atomic E-state index is -0.0250. The van der Waals surface area contributed by atoms with Crippen molar-refractivity contribution < 1.29 is 10.2 Å². The Bertz CT molecular complexity index is 516. The van der Waals surface area contributed by atoms with E-state index >= 15 is 0 Å². The fourth-order valence-corrected chi connectivity index (χ4v) is 1.44. The van der Waals surface area contributed by atoms with E-state index in [-0.39, 0.29) is 11.8 Å². The van der Waals surface area contributed by atoms with Crippen molar-refractivity contribution in [1.82, 2.24) is 4.57 Å². The Labute approximate surface area is 79.7 Å². The molecule has 72 valence electrons. The summed E-state index contributed by atoms with van der Waals surface area (Å²) in [5.74, 6) is -0.0166. The molecule has 2 rings (SSSR count). The zero-order valence-corrected chi connectivity index (χ0v) is 7.52. The normalized spacial score (nSPS) is 10.6. The molecular formula is C9H9N3O2. The van der Waals surface area contributed by atoms with Gasteiger partial charge in [-0.3, -0.25) is 4.57 Å². The van der Waals surface area contributed by atoms with E-state index in [1.165, 1.54) is 4.57 Å². The van der Waals surface area contributed by atoms with Crippen LogP contribution >= 0.6 is 0 Å². The lowest BCUT2D eigenvalue weighted by molar-refractivity contribution is 0.391. The van der Waals surface area contributed by atoms with Gasteiger partial charge in [-0.2, -0.15) is 5.11 Å². The minimum absolute atomic E-state index is 0.00836. The van der Waals surface area contributed by atoms with Gasteiger partial charge in [-0.1, -0.05) is 0 Å². The molecule has 14 heavy (non-hydrogen) atoms. The highest BCUT2D eigenvalue weighted by Gasteiger charge is 2.12. The first-order valence-corrected chi connectivity index (χ1v) is 4.03. The first kappa shape index (κ1) is 8.55. The average molecular weight is 191 g/mol. The summed E-state index contributed by atoms with van der Waals surface area (Å²) in [4.78, 5) is 0. The Morgan fingerprint density at radius 3 is 2.50 bits per heavy atom. The lowest BCUT2D eigenvalue weighted by atomic mass is 10.2. The lowest BCUT2D eigenvalue weighted by Crippen LogP contribution is -1.83. The number of benzene rings is 1. The molecule has 0 spiro atoms. The molecule has 0 aliphatic heterocycles. The number of rotatable bonds is 1. The smallest absolute Gasteiger partial charge is 0.201 e. The predicted octanol–water partition coefficient (Wildman–Crippen LogP) is 2.25. The SMILES string of the molecule is Cn1c(O)c2ccc(N=N)cc2c1O. The Kier molecular flexibility index (Phi) is 1.67. The van der Waals surface area contributed by atoms with Crippen molar-refractivity contribution in [2.45, 2.75) is 0 Å². The maximum absolute atomic E-state index is 9.60. The van der Waals surface area contributed by atoms with Crippen molar-refractivity contribution in [2.24, 2.45) is 12.2 Å². The largest absolute Gasteiger partial charge is 0.494 e. The van der Waals surface area contributed by atoms with E-state index in [1.54, 1.807) is 25.2 Å². The highest BCUT2D eigenvalue weighted by Crippen LogP contribution is 2.36. The molecule has 3 N–H and O–H groups in total. The molecule has 0 atom stereocenters. The van der Waals surface area contributed by atoms with Crippen LogP contribution < -0.4 is 0 Å². The van der Waals surface area contributed by atoms with Gasteiger partial charge in [-0.05, 0) is 18.2 Å². The molecule has 5 heteroatoms. The van der Waals surface area contributed by atoms with E-state index in [0.29, 0.717) is 16.5 Å². The highest BCUT2D eigenvalue weighted by molar-refractivity contribution is 5.94. The molecule has 1 aromatic heterocycles. The zero-order chi connectivity index (χ0) is 10.3. The maximum atomic E-state index is 9.60. The van der Waals surface area contributed by atoms with Crippen molar-refractivity contribution >= 4 is 16.5 Å². The molecule has 0 unspecified atom stereocenters. The summed E-state index contributed by atoms with van der Waals surface area (Å²) in [7, 11) is 1.56. The number of nitrogens with one attached hydrogen (secondary N) is 1. The van der Waals surface area contributed by atoms with Crippen LogP contribution in [0.4, 0.5) is 5.69 Å². The third kappa shape index (κ3) is 0.953. The first-order chi connectivity index (χ1) is 6.65. The number of hydrogen-bond acceptors (Lipinski definition) is 4. The second kappa shape index (κ2) is 2.73. The topological polar surface area (TPSA) is 81.6 Å². The number of fused-ring (bicyclic) bond motifs is 1. The molecule has 1 aromatic carbocycles. The Hall–Kier alpha value is -2.04. The first-order valence-electron chi connectivity index (χ1n) is 4.03. The fourth-order valence-electron chi connectivity index (χ4n) is 1.44. The van der Waals surface area contributed by atoms with Crippen molar-refractivity contribution in [2.75, 3.05) is 0 Å². The van der Waals surface area contributed by atoms with Crippen LogP contribution in [0.5, 0.6) is 11.8 Å². The van der Waals surface area contributed by atoms with Gasteiger partial charge in [0, 0.05) is 17.8 Å². The summed E-state index contributed by atoms with van der Waals surface area (Å²) < 4.78 is 1.28. The molecule has 0 saturated carbocycles. The number of aromatic hydroxyl groups is 2. The van der Waals surface area contributed by atoms with Crippen LogP contribution in [-0.4, -0.2) is 14.8 Å². The van der Waals surface area contributed by atoms with E-state index < -0.39 is 0 Å². The van der Waals surface area contributed by atoms with Gasteiger partial charge in [0.15, 0.2) is 0 Å². The zero-order valence-electron chi connectivity index (χ0n) is 7.52. The summed E-state index contributed by atoms with van der Waals surface area (Å²) in [6.07, 6.45) is 0. The van der Waals surface area contributed by atoms with Crippen LogP contribution in [0.1, 0.15) is 0 Å². The quantitative estimate of drug-likeness (QED) is 0.604. The fraction of sp³-hybridized carbons (Fsp3) is 0.111. The maximum Gasteiger partial charge on any atom is 0.201 e. The number of nitrogens with zero attached hydrogens (tertiary/aromatic N) is 2. The van der Waals surface area contributed by atoms with Crippen LogP contribution in [0.15, 0.2) is 23.3 Å². The van der Waals surface area contributed by atoms with Crippen LogP contribution in [0.25, 0.3) is 10.8 Å². The van der Waals surface area contributed by atoms with Gasteiger partial charge in [0.2, 0.25) is 11.8 Å². The van der Waals surface area contributed by atoms with E-state index in [1.807, 2.05) is 0 Å². The molecule has 0 saturated heterocycles. The third-order valence-corrected chi connectivity index (χ3v) is 2.25. The van der Waals surface area contributed by atoms with Gasteiger partial charge in [0.05, 0.1) is 5.69 Å². The van der Waals surface area contributed by atoms with E-state index in [0.717, 1.165) is 0 Å². The van der Waals surface area contributed by atoms with Crippen molar-refractivity contribution in [1.29, 1.82) is 5.53 Å². The standard InChI is InChI=1S/C9H9N3O2/c1-12-8(13)6-3-2-5(11-10)4-7(6)9(12)14/h2-4,10,13-14H,1H3. The summed E-state index contributed by atoms with van der Waals surface area (Å²) >= 11 is 0. The number of aromatic nitrogens is 1. The van der Waals surface area contributed by atoms with E-state index in [9.17, 15) is 10.2 Å². The molecule has 2 aromatic rings. The molecule has 0 bridgehead atoms. The molecule has 0 radical (unpaired) electrons. The second-order valence-electron chi connectivity index (χ2n) is 3.05. The van der Waals surface area contributed by atoms with Crippen LogP contribution in [0.2, 0.25) is 0 Å². The van der Waals surface area contributed by atoms with Crippen molar-refractivity contribution in [3.05, 3.63) is 18.2 Å². The second-order valence-corrected chi connectivity index (χ2v) is 3.05. The molecular weight excluding hydrogens is 182 g/mol. The summed E-state index contributed by atoms with van der Waals surface area (Å²) in [6.45, 7) is 0. The predicted molar refractivity (Wildman–Crippen MR) is 51.1 cm³/mol. The van der Waals surface area contributed by atoms with Crippen LogP contribution in [0.3, 0.4) is 0 Å². The molecule has 5 nitrogen and oxygen atoms in total. The highest BCUT2D eigenvalue weighted by atomic mass is 16.3. The number of hydrogen-bond donors (Lipinski definition) is 3. The monoisotopic (exact) mass is 191 g/mol. The van der Waals surface area contributed by atoms with Crippen molar-refractivity contribution in [3.63, 3.8) is 0 Å². The average Bonchev–Trinajstić information content (AvgIpc) is 2.44. The van der Waals surface area contributed by atoms with Gasteiger partial charge in [0.1, 0.15) is 0 Å². The molecule has 0 aliphatic rings. The molecule has 0 amide bonds. The van der Waals surface area contributed by atoms with Gasteiger partial charge in [-0.25, -0.2) is 5.53 Å². The van der Waals surface area contributed by atoms with Gasteiger partial charge in [0.25, 0.3) is 0 Å². The third-order valence-electron chi connectivity index (χ3n) is 2.25. The summed E-state index contributed by atoms with van der Waals surface area (Å²) in [5.41, 5.74) is 7.27. The minimum Gasteiger partial charge on any atom is -0.494 e. The summed E-state index contributed by atoms with van der Waals surface area (Å²) in [6, 6.07) is 4.78.